The third-order valence-electron chi connectivity index (χ3n) is 3.50. The Labute approximate surface area is 140 Å². The van der Waals surface area contributed by atoms with Gasteiger partial charge < -0.3 is 15.0 Å². The summed E-state index contributed by atoms with van der Waals surface area (Å²) in [5.74, 6) is 0.949. The van der Waals surface area contributed by atoms with Gasteiger partial charge in [0.2, 0.25) is 0 Å². The summed E-state index contributed by atoms with van der Waals surface area (Å²) in [5, 5.41) is 2.88. The number of ether oxygens (including phenoxy) is 1. The van der Waals surface area contributed by atoms with Crippen LogP contribution in [0.15, 0.2) is 22.8 Å². The molecule has 0 aromatic carbocycles. The predicted octanol–water partition coefficient (Wildman–Crippen LogP) is 3.73. The summed E-state index contributed by atoms with van der Waals surface area (Å²) >= 11 is 3.42. The number of anilines is 1. The molecule has 5 nitrogen and oxygen atoms in total. The van der Waals surface area contributed by atoms with Gasteiger partial charge in [-0.25, -0.2) is 9.78 Å². The number of halogens is 1. The minimum Gasteiger partial charge on any atom is -0.444 e. The first kappa shape index (κ1) is 17.1. The number of hydrogen-bond acceptors (Lipinski definition) is 4. The fourth-order valence-electron chi connectivity index (χ4n) is 2.59. The quantitative estimate of drug-likeness (QED) is 0.824. The first-order chi connectivity index (χ1) is 10.3. The second kappa shape index (κ2) is 7.31. The molecule has 1 amide bonds. The summed E-state index contributed by atoms with van der Waals surface area (Å²) in [6.07, 6.45) is 3.01. The molecular formula is C16H24BrN3O2. The van der Waals surface area contributed by atoms with E-state index < -0.39 is 5.60 Å². The maximum atomic E-state index is 11.8. The van der Waals surface area contributed by atoms with Crippen molar-refractivity contribution in [3.05, 3.63) is 22.8 Å². The van der Waals surface area contributed by atoms with Gasteiger partial charge in [-0.15, -0.1) is 0 Å². The lowest BCUT2D eigenvalue weighted by molar-refractivity contribution is 0.0523. The van der Waals surface area contributed by atoms with Crippen molar-refractivity contribution < 1.29 is 9.53 Å². The molecule has 1 aliphatic heterocycles. The van der Waals surface area contributed by atoms with E-state index in [9.17, 15) is 4.79 Å². The average Bonchev–Trinajstić information content (AvgIpc) is 2.44. The van der Waals surface area contributed by atoms with E-state index in [4.69, 9.17) is 4.74 Å². The fraction of sp³-hybridized carbons (Fsp3) is 0.625. The summed E-state index contributed by atoms with van der Waals surface area (Å²) in [6, 6.07) is 6.17. The molecule has 0 unspecified atom stereocenters. The topological polar surface area (TPSA) is 54.5 Å². The highest BCUT2D eigenvalue weighted by molar-refractivity contribution is 9.10. The van der Waals surface area contributed by atoms with Gasteiger partial charge in [0.1, 0.15) is 16.0 Å². The number of hydrogen-bond donors (Lipinski definition) is 1. The predicted molar refractivity (Wildman–Crippen MR) is 91.2 cm³/mol. The first-order valence-electron chi connectivity index (χ1n) is 7.71. The zero-order chi connectivity index (χ0) is 16.2. The van der Waals surface area contributed by atoms with E-state index >= 15 is 0 Å². The highest BCUT2D eigenvalue weighted by atomic mass is 79.9. The molecule has 122 valence electrons. The highest BCUT2D eigenvalue weighted by Gasteiger charge is 2.25. The molecule has 1 N–H and O–H groups in total. The van der Waals surface area contributed by atoms with Crippen LogP contribution in [0, 0.1) is 0 Å². The van der Waals surface area contributed by atoms with E-state index in [0.717, 1.165) is 29.8 Å². The van der Waals surface area contributed by atoms with E-state index in [1.807, 2.05) is 39.0 Å². The van der Waals surface area contributed by atoms with Crippen LogP contribution in [-0.4, -0.2) is 35.8 Å². The van der Waals surface area contributed by atoms with E-state index in [-0.39, 0.29) is 12.1 Å². The molecule has 1 fully saturated rings. The van der Waals surface area contributed by atoms with Crippen LogP contribution >= 0.6 is 15.9 Å². The summed E-state index contributed by atoms with van der Waals surface area (Å²) < 4.78 is 6.13. The van der Waals surface area contributed by atoms with Crippen molar-refractivity contribution in [3.8, 4) is 0 Å². The number of alkyl carbamates (subject to hydrolysis) is 1. The molecule has 1 saturated heterocycles. The number of amides is 1. The van der Waals surface area contributed by atoms with Crippen molar-refractivity contribution in [2.45, 2.75) is 51.7 Å². The van der Waals surface area contributed by atoms with Gasteiger partial charge in [0.25, 0.3) is 0 Å². The number of rotatable bonds is 3. The molecule has 0 saturated carbocycles. The molecule has 0 aliphatic carbocycles. The molecule has 1 aliphatic rings. The van der Waals surface area contributed by atoms with E-state index in [1.54, 1.807) is 0 Å². The van der Waals surface area contributed by atoms with E-state index in [2.05, 4.69) is 31.1 Å². The fourth-order valence-corrected chi connectivity index (χ4v) is 2.92. The molecular weight excluding hydrogens is 346 g/mol. The molecule has 22 heavy (non-hydrogen) atoms. The van der Waals surface area contributed by atoms with Crippen LogP contribution in [0.3, 0.4) is 0 Å². The van der Waals surface area contributed by atoms with Crippen molar-refractivity contribution in [1.29, 1.82) is 0 Å². The number of carbonyl (C=O) groups excluding carboxylic acids is 1. The zero-order valence-electron chi connectivity index (χ0n) is 13.4. The van der Waals surface area contributed by atoms with Crippen molar-refractivity contribution in [2.24, 2.45) is 0 Å². The number of aromatic nitrogens is 1. The van der Waals surface area contributed by atoms with Gasteiger partial charge in [-0.2, -0.15) is 0 Å². The minimum atomic E-state index is -0.470. The van der Waals surface area contributed by atoms with Gasteiger partial charge in [-0.05, 0) is 68.1 Å². The number of nitrogens with zero attached hydrogens (tertiary/aromatic N) is 2. The summed E-state index contributed by atoms with van der Waals surface area (Å²) in [4.78, 5) is 18.6. The Morgan fingerprint density at radius 3 is 2.91 bits per heavy atom. The molecule has 0 radical (unpaired) electrons. The standard InChI is InChI=1S/C16H24BrN3O2/c1-16(2,3)22-15(21)18-11-12-7-4-5-10-20(12)14-9-6-8-13(17)19-14/h6,8-9,12H,4-5,7,10-11H2,1-3H3,(H,18,21)/t12-/m0/s1. The van der Waals surface area contributed by atoms with Crippen LogP contribution in [0.25, 0.3) is 0 Å². The minimum absolute atomic E-state index is 0.253. The number of carbonyl (C=O) groups is 1. The van der Waals surface area contributed by atoms with Crippen molar-refractivity contribution in [1.82, 2.24) is 10.3 Å². The Balaban J connectivity index is 1.97. The second-order valence-electron chi connectivity index (χ2n) is 6.54. The smallest absolute Gasteiger partial charge is 0.407 e. The number of piperidine rings is 1. The SMILES string of the molecule is CC(C)(C)OC(=O)NC[C@@H]1CCCCN1c1cccc(Br)n1. The van der Waals surface area contributed by atoms with Gasteiger partial charge in [0, 0.05) is 19.1 Å². The van der Waals surface area contributed by atoms with Crippen molar-refractivity contribution >= 4 is 27.8 Å². The Hall–Kier alpha value is -1.30. The molecule has 2 rings (SSSR count). The Morgan fingerprint density at radius 1 is 1.45 bits per heavy atom. The van der Waals surface area contributed by atoms with Crippen molar-refractivity contribution in [2.75, 3.05) is 18.0 Å². The maximum absolute atomic E-state index is 11.8. The zero-order valence-corrected chi connectivity index (χ0v) is 15.0. The largest absolute Gasteiger partial charge is 0.444 e. The highest BCUT2D eigenvalue weighted by Crippen LogP contribution is 2.24. The molecule has 6 heteroatoms. The van der Waals surface area contributed by atoms with Gasteiger partial charge in [-0.1, -0.05) is 6.07 Å². The lowest BCUT2D eigenvalue weighted by atomic mass is 10.0. The lowest BCUT2D eigenvalue weighted by Crippen LogP contribution is -2.48. The Bertz CT molecular complexity index is 516. The third kappa shape index (κ3) is 5.16. The van der Waals surface area contributed by atoms with Gasteiger partial charge in [-0.3, -0.25) is 0 Å². The monoisotopic (exact) mass is 369 g/mol. The molecule has 0 bridgehead atoms. The second-order valence-corrected chi connectivity index (χ2v) is 7.36. The van der Waals surface area contributed by atoms with Gasteiger partial charge in [0.15, 0.2) is 0 Å². The van der Waals surface area contributed by atoms with E-state index in [1.165, 1.54) is 6.42 Å². The van der Waals surface area contributed by atoms with Crippen LogP contribution in [-0.2, 0) is 4.74 Å². The molecule has 1 aromatic rings. The summed E-state index contributed by atoms with van der Waals surface area (Å²) in [7, 11) is 0. The number of pyridine rings is 1. The number of nitrogens with one attached hydrogen (secondary N) is 1. The summed E-state index contributed by atoms with van der Waals surface area (Å²) in [6.45, 7) is 7.13. The maximum Gasteiger partial charge on any atom is 0.407 e. The molecule has 1 aromatic heterocycles. The van der Waals surface area contributed by atoms with Crippen LogP contribution in [0.2, 0.25) is 0 Å². The van der Waals surface area contributed by atoms with Crippen molar-refractivity contribution in [3.63, 3.8) is 0 Å². The molecule has 0 spiro atoms. The molecule has 1 atom stereocenters. The van der Waals surface area contributed by atoms with Crippen LogP contribution in [0.5, 0.6) is 0 Å². The van der Waals surface area contributed by atoms with E-state index in [0.29, 0.717) is 6.54 Å². The Morgan fingerprint density at radius 2 is 2.23 bits per heavy atom. The summed E-state index contributed by atoms with van der Waals surface area (Å²) in [5.41, 5.74) is -0.470. The van der Waals surface area contributed by atoms with Gasteiger partial charge in [0.05, 0.1) is 0 Å². The normalized spacial score (nSPS) is 18.9. The average molecular weight is 370 g/mol. The van der Waals surface area contributed by atoms with Crippen LogP contribution in [0.1, 0.15) is 40.0 Å². The third-order valence-corrected chi connectivity index (χ3v) is 3.94. The first-order valence-corrected chi connectivity index (χ1v) is 8.50. The Kier molecular flexibility index (Phi) is 5.67. The lowest BCUT2D eigenvalue weighted by Gasteiger charge is -2.37. The molecule has 2 heterocycles. The van der Waals surface area contributed by atoms with Crippen LogP contribution in [0.4, 0.5) is 10.6 Å². The van der Waals surface area contributed by atoms with Gasteiger partial charge >= 0.3 is 6.09 Å². The van der Waals surface area contributed by atoms with Crippen LogP contribution < -0.4 is 10.2 Å².